The molecule has 0 aliphatic heterocycles. The molecule has 0 bridgehead atoms. The molecule has 3 heteroatoms. The Balaban J connectivity index is 2.67. The third-order valence-corrected chi connectivity index (χ3v) is 4.66. The molecule has 1 aromatic rings. The summed E-state index contributed by atoms with van der Waals surface area (Å²) in [5, 5.41) is 8.83. The van der Waals surface area contributed by atoms with E-state index in [1.54, 1.807) is 0 Å². The van der Waals surface area contributed by atoms with Crippen molar-refractivity contribution in [2.75, 3.05) is 0 Å². The summed E-state index contributed by atoms with van der Waals surface area (Å²) in [5.41, 5.74) is 1.05. The van der Waals surface area contributed by atoms with Crippen LogP contribution in [0.15, 0.2) is 12.5 Å². The minimum atomic E-state index is 0.155. The molecule has 0 fully saturated rings. The number of imidazole rings is 1. The summed E-state index contributed by atoms with van der Waals surface area (Å²) in [7, 11) is 0. The second kappa shape index (κ2) is 10.4. The van der Waals surface area contributed by atoms with E-state index in [2.05, 4.69) is 42.6 Å². The summed E-state index contributed by atoms with van der Waals surface area (Å²) in [6.45, 7) is 6.88. The molecular weight excluding hydrogens is 270 g/mol. The molecule has 0 atom stereocenters. The molecule has 0 saturated heterocycles. The topological polar surface area (TPSA) is 41.6 Å². The Morgan fingerprint density at radius 3 is 2.14 bits per heavy atom. The van der Waals surface area contributed by atoms with E-state index >= 15 is 0 Å². The van der Waals surface area contributed by atoms with Crippen molar-refractivity contribution >= 4 is 0 Å². The molecule has 3 nitrogen and oxygen atoms in total. The van der Waals surface area contributed by atoms with E-state index in [-0.39, 0.29) is 5.54 Å². The average Bonchev–Trinajstić information content (AvgIpc) is 2.98. The average molecular weight is 303 g/mol. The third kappa shape index (κ3) is 6.22. The van der Waals surface area contributed by atoms with Crippen molar-refractivity contribution in [2.24, 2.45) is 0 Å². The minimum Gasteiger partial charge on any atom is -0.331 e. The first-order valence-corrected chi connectivity index (χ1v) is 9.06. The Hall–Kier alpha value is -1.30. The zero-order valence-electron chi connectivity index (χ0n) is 14.8. The van der Waals surface area contributed by atoms with Crippen molar-refractivity contribution in [3.8, 4) is 6.07 Å². The summed E-state index contributed by atoms with van der Waals surface area (Å²) in [4.78, 5) is 4.40. The Morgan fingerprint density at radius 1 is 1.05 bits per heavy atom. The molecular formula is C19H33N3. The summed E-state index contributed by atoms with van der Waals surface area (Å²) in [5.74, 6) is 0. The molecule has 0 amide bonds. The van der Waals surface area contributed by atoms with Crippen LogP contribution >= 0.6 is 0 Å². The van der Waals surface area contributed by atoms with Crippen molar-refractivity contribution in [3.05, 3.63) is 18.2 Å². The van der Waals surface area contributed by atoms with Crippen LogP contribution < -0.4 is 0 Å². The van der Waals surface area contributed by atoms with Gasteiger partial charge in [-0.2, -0.15) is 5.26 Å². The van der Waals surface area contributed by atoms with Gasteiger partial charge in [0.05, 0.1) is 24.5 Å². The summed E-state index contributed by atoms with van der Waals surface area (Å²) in [6.07, 6.45) is 17.3. The molecule has 0 unspecified atom stereocenters. The smallest absolute Gasteiger partial charge is 0.0954 e. The van der Waals surface area contributed by atoms with Gasteiger partial charge in [-0.25, -0.2) is 4.98 Å². The van der Waals surface area contributed by atoms with E-state index in [4.69, 9.17) is 5.26 Å². The second-order valence-corrected chi connectivity index (χ2v) is 6.73. The maximum Gasteiger partial charge on any atom is 0.0954 e. The van der Waals surface area contributed by atoms with Gasteiger partial charge in [-0.3, -0.25) is 0 Å². The number of unbranched alkanes of at least 4 members (excludes halogenated alkanes) is 6. The van der Waals surface area contributed by atoms with Gasteiger partial charge in [0, 0.05) is 11.7 Å². The molecule has 1 rings (SSSR count). The third-order valence-electron chi connectivity index (χ3n) is 4.66. The predicted octanol–water partition coefficient (Wildman–Crippen LogP) is 5.61. The minimum absolute atomic E-state index is 0.155. The van der Waals surface area contributed by atoms with Gasteiger partial charge in [0.15, 0.2) is 0 Å². The van der Waals surface area contributed by atoms with Crippen LogP contribution in [0.3, 0.4) is 0 Å². The van der Waals surface area contributed by atoms with E-state index in [0.29, 0.717) is 6.42 Å². The number of nitrogens with zero attached hydrogens (tertiary/aromatic N) is 3. The van der Waals surface area contributed by atoms with Crippen LogP contribution in [-0.4, -0.2) is 9.55 Å². The number of hydrogen-bond acceptors (Lipinski definition) is 2. The molecule has 1 aromatic heterocycles. The molecule has 0 N–H and O–H groups in total. The first-order valence-electron chi connectivity index (χ1n) is 9.06. The lowest BCUT2D eigenvalue weighted by Gasteiger charge is -2.32. The van der Waals surface area contributed by atoms with E-state index in [1.165, 1.54) is 64.2 Å². The highest BCUT2D eigenvalue weighted by Crippen LogP contribution is 2.30. The number of hydrogen-bond donors (Lipinski definition) is 0. The van der Waals surface area contributed by atoms with E-state index in [0.717, 1.165) is 5.69 Å². The second-order valence-electron chi connectivity index (χ2n) is 6.73. The highest BCUT2D eigenvalue weighted by molar-refractivity contribution is 5.05. The van der Waals surface area contributed by atoms with Crippen LogP contribution in [0.1, 0.15) is 90.7 Å². The molecule has 0 saturated carbocycles. The van der Waals surface area contributed by atoms with Gasteiger partial charge in [-0.05, 0) is 19.8 Å². The largest absolute Gasteiger partial charge is 0.331 e. The lowest BCUT2D eigenvalue weighted by molar-refractivity contribution is 0.250. The first kappa shape index (κ1) is 18.7. The molecule has 22 heavy (non-hydrogen) atoms. The van der Waals surface area contributed by atoms with E-state index < -0.39 is 0 Å². The van der Waals surface area contributed by atoms with Crippen LogP contribution in [-0.2, 0) is 12.0 Å². The number of aromatic nitrogens is 2. The Kier molecular flexibility index (Phi) is 8.89. The van der Waals surface area contributed by atoms with Gasteiger partial charge in [0.1, 0.15) is 0 Å². The lowest BCUT2D eigenvalue weighted by atomic mass is 9.88. The van der Waals surface area contributed by atoms with Gasteiger partial charge < -0.3 is 4.57 Å². The molecule has 0 aliphatic carbocycles. The Bertz CT molecular complexity index is 430. The Morgan fingerprint density at radius 2 is 1.64 bits per heavy atom. The number of nitriles is 1. The standard InChI is InChI=1S/C19H33N3/c1-4-6-8-10-13-19(3,14-11-9-7-5-2)22-16-18(12-15-20)21-17-22/h16-17H,4-14H2,1-3H3. The fourth-order valence-corrected chi connectivity index (χ4v) is 3.08. The highest BCUT2D eigenvalue weighted by Gasteiger charge is 2.25. The zero-order chi connectivity index (χ0) is 16.3. The van der Waals surface area contributed by atoms with E-state index in [9.17, 15) is 0 Å². The molecule has 1 heterocycles. The van der Waals surface area contributed by atoms with Crippen molar-refractivity contribution in [2.45, 2.75) is 96.9 Å². The maximum absolute atomic E-state index is 8.83. The summed E-state index contributed by atoms with van der Waals surface area (Å²) >= 11 is 0. The summed E-state index contributed by atoms with van der Waals surface area (Å²) in [6, 6.07) is 2.19. The van der Waals surface area contributed by atoms with Crippen molar-refractivity contribution in [1.29, 1.82) is 5.26 Å². The highest BCUT2D eigenvalue weighted by atomic mass is 15.1. The predicted molar refractivity (Wildman–Crippen MR) is 92.7 cm³/mol. The van der Waals surface area contributed by atoms with Crippen molar-refractivity contribution in [3.63, 3.8) is 0 Å². The summed E-state index contributed by atoms with van der Waals surface area (Å²) < 4.78 is 2.28. The van der Waals surface area contributed by atoms with Crippen LogP contribution in [0.4, 0.5) is 0 Å². The molecule has 0 aromatic carbocycles. The Labute approximate surface area is 136 Å². The van der Waals surface area contributed by atoms with Crippen LogP contribution in [0.2, 0.25) is 0 Å². The normalized spacial score (nSPS) is 11.5. The van der Waals surface area contributed by atoms with Crippen LogP contribution in [0.25, 0.3) is 0 Å². The monoisotopic (exact) mass is 303 g/mol. The van der Waals surface area contributed by atoms with E-state index in [1.807, 2.05) is 6.33 Å². The number of rotatable bonds is 12. The lowest BCUT2D eigenvalue weighted by Crippen LogP contribution is -2.29. The van der Waals surface area contributed by atoms with Gasteiger partial charge >= 0.3 is 0 Å². The fraction of sp³-hybridized carbons (Fsp3) is 0.789. The molecule has 0 radical (unpaired) electrons. The van der Waals surface area contributed by atoms with Crippen molar-refractivity contribution in [1.82, 2.24) is 9.55 Å². The maximum atomic E-state index is 8.83. The SMILES string of the molecule is CCCCCCC(C)(CCCCCC)n1cnc(CC#N)c1. The molecule has 124 valence electrons. The fourth-order valence-electron chi connectivity index (χ4n) is 3.08. The molecule has 0 spiro atoms. The first-order chi connectivity index (χ1) is 10.7. The zero-order valence-corrected chi connectivity index (χ0v) is 14.8. The van der Waals surface area contributed by atoms with Gasteiger partial charge in [-0.15, -0.1) is 0 Å². The van der Waals surface area contributed by atoms with Gasteiger partial charge in [-0.1, -0.05) is 65.2 Å². The van der Waals surface area contributed by atoms with Crippen molar-refractivity contribution < 1.29 is 0 Å². The quantitative estimate of drug-likeness (QED) is 0.471. The van der Waals surface area contributed by atoms with Gasteiger partial charge in [0.2, 0.25) is 0 Å². The van der Waals surface area contributed by atoms with Gasteiger partial charge in [0.25, 0.3) is 0 Å². The van der Waals surface area contributed by atoms with Crippen LogP contribution in [0, 0.1) is 11.3 Å². The molecule has 0 aliphatic rings. The van der Waals surface area contributed by atoms with Crippen LogP contribution in [0.5, 0.6) is 0 Å².